The van der Waals surface area contributed by atoms with Crippen LogP contribution in [0.25, 0.3) is 0 Å². The van der Waals surface area contributed by atoms with Crippen molar-refractivity contribution in [3.8, 4) is 5.75 Å². The highest BCUT2D eigenvalue weighted by atomic mass is 16.6. The molecule has 3 amide bonds. The van der Waals surface area contributed by atoms with Crippen molar-refractivity contribution in [2.24, 2.45) is 0 Å². The smallest absolute Gasteiger partial charge is 0.413 e. The first-order valence-corrected chi connectivity index (χ1v) is 15.5. The molecule has 244 valence electrons. The Hall–Kier alpha value is -4.93. The number of aryl methyl sites for hydroxylation is 1. The summed E-state index contributed by atoms with van der Waals surface area (Å²) in [5, 5.41) is 2.63. The van der Waals surface area contributed by atoms with Gasteiger partial charge in [0.15, 0.2) is 11.6 Å². The van der Waals surface area contributed by atoms with Crippen molar-refractivity contribution in [1.82, 2.24) is 9.88 Å². The molecule has 3 aromatic rings. The molecule has 0 bridgehead atoms. The summed E-state index contributed by atoms with van der Waals surface area (Å²) in [6.07, 6.45) is 3.05. The quantitative estimate of drug-likeness (QED) is 0.183. The third-order valence-corrected chi connectivity index (χ3v) is 7.17. The normalized spacial score (nSPS) is 13.8. The maximum absolute atomic E-state index is 13.9. The fourth-order valence-corrected chi connectivity index (χ4v) is 5.08. The van der Waals surface area contributed by atoms with E-state index >= 15 is 0 Å². The third kappa shape index (κ3) is 9.06. The molecule has 1 aromatic heterocycles. The number of hydrogen-bond acceptors (Lipinski definition) is 8. The summed E-state index contributed by atoms with van der Waals surface area (Å²) in [5.41, 5.74) is 1.84. The van der Waals surface area contributed by atoms with E-state index in [4.69, 9.17) is 14.2 Å². The van der Waals surface area contributed by atoms with E-state index in [1.807, 2.05) is 48.5 Å². The van der Waals surface area contributed by atoms with Gasteiger partial charge in [0.05, 0.1) is 30.9 Å². The minimum Gasteiger partial charge on any atom is -0.490 e. The molecule has 0 aliphatic carbocycles. The highest BCUT2D eigenvalue weighted by Crippen LogP contribution is 2.34. The number of esters is 1. The molecule has 1 unspecified atom stereocenters. The number of nitrogens with one attached hydrogen (secondary N) is 1. The number of nitrogens with zero attached hydrogens (tertiary/aromatic N) is 3. The maximum atomic E-state index is 13.9. The Morgan fingerprint density at radius 3 is 2.50 bits per heavy atom. The molecule has 0 saturated heterocycles. The predicted molar refractivity (Wildman–Crippen MR) is 174 cm³/mol. The molecule has 1 aliphatic heterocycles. The van der Waals surface area contributed by atoms with Gasteiger partial charge >= 0.3 is 12.1 Å². The van der Waals surface area contributed by atoms with Crippen LogP contribution in [0.3, 0.4) is 0 Å². The number of aromatic nitrogens is 1. The molecule has 11 nitrogen and oxygen atoms in total. The number of pyridine rings is 1. The van der Waals surface area contributed by atoms with Crippen LogP contribution in [0.1, 0.15) is 69.8 Å². The SMILES string of the molecule is CCOC(=O)CC(C)N1CC(=O)N(c2ccccc2)c2ccc(CCCCOc3cccnc3NC(=O)OC(C)(C)C)cc2C1=O. The van der Waals surface area contributed by atoms with E-state index in [1.54, 1.807) is 57.8 Å². The Morgan fingerprint density at radius 2 is 1.78 bits per heavy atom. The molecular weight excluding hydrogens is 588 g/mol. The number of ether oxygens (including phenoxy) is 3. The van der Waals surface area contributed by atoms with Crippen molar-refractivity contribution in [3.63, 3.8) is 0 Å². The number of benzene rings is 2. The van der Waals surface area contributed by atoms with E-state index < -0.39 is 23.7 Å². The number of rotatable bonds is 12. The number of fused-ring (bicyclic) bond motifs is 1. The van der Waals surface area contributed by atoms with Crippen LogP contribution < -0.4 is 15.0 Å². The second-order valence-corrected chi connectivity index (χ2v) is 12.0. The van der Waals surface area contributed by atoms with Gasteiger partial charge in [-0.1, -0.05) is 24.3 Å². The first-order chi connectivity index (χ1) is 22.0. The monoisotopic (exact) mass is 630 g/mol. The van der Waals surface area contributed by atoms with Gasteiger partial charge in [0.25, 0.3) is 11.8 Å². The van der Waals surface area contributed by atoms with E-state index in [-0.39, 0.29) is 37.2 Å². The van der Waals surface area contributed by atoms with Crippen molar-refractivity contribution in [2.45, 2.75) is 71.9 Å². The summed E-state index contributed by atoms with van der Waals surface area (Å²) < 4.78 is 16.3. The molecule has 0 radical (unpaired) electrons. The molecule has 0 saturated carbocycles. The summed E-state index contributed by atoms with van der Waals surface area (Å²) in [4.78, 5) is 59.2. The van der Waals surface area contributed by atoms with Gasteiger partial charge in [-0.25, -0.2) is 9.78 Å². The summed E-state index contributed by atoms with van der Waals surface area (Å²) >= 11 is 0. The molecule has 46 heavy (non-hydrogen) atoms. The average molecular weight is 631 g/mol. The molecule has 0 spiro atoms. The molecule has 0 fully saturated rings. The van der Waals surface area contributed by atoms with Crippen LogP contribution in [0.2, 0.25) is 0 Å². The number of unbranched alkanes of at least 4 members (excludes halogenated alkanes) is 1. The van der Waals surface area contributed by atoms with E-state index in [0.717, 1.165) is 12.0 Å². The lowest BCUT2D eigenvalue weighted by Crippen LogP contribution is -2.43. The second-order valence-electron chi connectivity index (χ2n) is 12.0. The van der Waals surface area contributed by atoms with E-state index in [9.17, 15) is 19.2 Å². The van der Waals surface area contributed by atoms with Crippen molar-refractivity contribution >= 4 is 41.1 Å². The summed E-state index contributed by atoms with van der Waals surface area (Å²) in [6, 6.07) is 17.7. The van der Waals surface area contributed by atoms with Crippen molar-refractivity contribution in [2.75, 3.05) is 30.0 Å². The van der Waals surface area contributed by atoms with Gasteiger partial charge in [-0.05, 0) is 95.8 Å². The number of para-hydroxylation sites is 1. The largest absolute Gasteiger partial charge is 0.490 e. The Bertz CT molecular complexity index is 1540. The minimum absolute atomic E-state index is 0.0147. The molecule has 2 aromatic carbocycles. The lowest BCUT2D eigenvalue weighted by molar-refractivity contribution is -0.144. The van der Waals surface area contributed by atoms with Crippen LogP contribution in [-0.4, -0.2) is 65.2 Å². The van der Waals surface area contributed by atoms with Crippen LogP contribution in [0.15, 0.2) is 66.9 Å². The summed E-state index contributed by atoms with van der Waals surface area (Å²) in [6.45, 7) is 9.27. The van der Waals surface area contributed by atoms with Crippen molar-refractivity contribution in [3.05, 3.63) is 78.0 Å². The van der Waals surface area contributed by atoms with E-state index in [0.29, 0.717) is 42.1 Å². The molecule has 1 atom stereocenters. The van der Waals surface area contributed by atoms with Gasteiger partial charge < -0.3 is 19.1 Å². The topological polar surface area (TPSA) is 127 Å². The Labute approximate surface area is 269 Å². The highest BCUT2D eigenvalue weighted by molar-refractivity contribution is 6.13. The fraction of sp³-hybridized carbons (Fsp3) is 0.400. The molecule has 2 heterocycles. The number of amides is 3. The fourth-order valence-electron chi connectivity index (χ4n) is 5.08. The summed E-state index contributed by atoms with van der Waals surface area (Å²) in [7, 11) is 0. The standard InChI is InChI=1S/C35H42N4O7/c1-6-44-31(41)21-24(2)38-23-30(40)39(26-14-8-7-9-15-26)28-18-17-25(22-27(28)33(38)42)13-10-11-20-45-29-16-12-19-36-32(29)37-34(43)46-35(3,4)5/h7-9,12,14-19,22,24H,6,10-11,13,20-21,23H2,1-5H3,(H,36,37,43). The van der Waals surface area contributed by atoms with Crippen LogP contribution in [0.5, 0.6) is 5.75 Å². The number of carbonyl (C=O) groups excluding carboxylic acids is 4. The van der Waals surface area contributed by atoms with Crippen LogP contribution in [0.4, 0.5) is 22.0 Å². The lowest BCUT2D eigenvalue weighted by atomic mass is 10.0. The zero-order chi connectivity index (χ0) is 33.3. The van der Waals surface area contributed by atoms with Crippen molar-refractivity contribution in [1.29, 1.82) is 0 Å². The molecule has 4 rings (SSSR count). The van der Waals surface area contributed by atoms with Gasteiger partial charge in [0.2, 0.25) is 0 Å². The van der Waals surface area contributed by atoms with E-state index in [1.165, 1.54) is 4.90 Å². The van der Waals surface area contributed by atoms with Gasteiger partial charge in [-0.3, -0.25) is 24.6 Å². The highest BCUT2D eigenvalue weighted by Gasteiger charge is 2.35. The lowest BCUT2D eigenvalue weighted by Gasteiger charge is -2.27. The van der Waals surface area contributed by atoms with Gasteiger partial charge in [-0.15, -0.1) is 0 Å². The number of hydrogen-bond donors (Lipinski definition) is 1. The average Bonchev–Trinajstić information content (AvgIpc) is 3.10. The summed E-state index contributed by atoms with van der Waals surface area (Å²) in [5.74, 6) is -0.290. The van der Waals surface area contributed by atoms with Gasteiger partial charge in [0.1, 0.15) is 12.1 Å². The predicted octanol–water partition coefficient (Wildman–Crippen LogP) is 6.29. The van der Waals surface area contributed by atoms with Gasteiger partial charge in [0, 0.05) is 17.9 Å². The van der Waals surface area contributed by atoms with Crippen LogP contribution >= 0.6 is 0 Å². The first kappa shape index (κ1) is 34.0. The van der Waals surface area contributed by atoms with E-state index in [2.05, 4.69) is 10.3 Å². The minimum atomic E-state index is -0.644. The molecule has 1 aliphatic rings. The molecule has 11 heteroatoms. The van der Waals surface area contributed by atoms with Crippen LogP contribution in [-0.2, 0) is 25.5 Å². The Morgan fingerprint density at radius 1 is 1.02 bits per heavy atom. The first-order valence-electron chi connectivity index (χ1n) is 15.5. The molecular formula is C35H42N4O7. The zero-order valence-electron chi connectivity index (χ0n) is 27.1. The van der Waals surface area contributed by atoms with Gasteiger partial charge in [-0.2, -0.15) is 0 Å². The van der Waals surface area contributed by atoms with Crippen molar-refractivity contribution < 1.29 is 33.4 Å². The Kier molecular flexibility index (Phi) is 11.3. The zero-order valence-corrected chi connectivity index (χ0v) is 27.1. The Balaban J connectivity index is 1.46. The second kappa shape index (κ2) is 15.4. The molecule has 1 N–H and O–H groups in total. The van der Waals surface area contributed by atoms with Crippen LogP contribution in [0, 0.1) is 0 Å². The number of anilines is 3. The maximum Gasteiger partial charge on any atom is 0.413 e. The number of carbonyl (C=O) groups is 4. The third-order valence-electron chi connectivity index (χ3n) is 7.17.